The van der Waals surface area contributed by atoms with Crippen LogP contribution >= 0.6 is 0 Å². The van der Waals surface area contributed by atoms with Crippen molar-refractivity contribution >= 4 is 23.8 Å². The fraction of sp³-hybridized carbons (Fsp3) is 0.275. The third kappa shape index (κ3) is 10.0. The molecule has 1 unspecified atom stereocenters. The molecule has 0 radical (unpaired) electrons. The summed E-state index contributed by atoms with van der Waals surface area (Å²) in [6, 6.07) is 31.9. The van der Waals surface area contributed by atoms with Gasteiger partial charge in [-0.2, -0.15) is 0 Å². The predicted octanol–water partition coefficient (Wildman–Crippen LogP) is 8.28. The van der Waals surface area contributed by atoms with Crippen molar-refractivity contribution in [1.29, 1.82) is 0 Å². The number of benzene rings is 4. The molecule has 1 amide bonds. The molecule has 1 atom stereocenters. The SMILES string of the molecule is C/N=C(\NC(C)=O)c1ccc(CC(/C=C/c2ccccc2OCc2ccc(C(C)(C)C)cc2)CCc2ccc(C(=O)O)cc2)cc1. The number of aromatic carboxylic acids is 1. The van der Waals surface area contributed by atoms with E-state index in [-0.39, 0.29) is 22.8 Å². The number of aryl methyl sites for hydroxylation is 1. The van der Waals surface area contributed by atoms with Gasteiger partial charge >= 0.3 is 5.97 Å². The number of nitrogens with zero attached hydrogens (tertiary/aromatic N) is 1. The number of carboxylic acid groups (broad SMARTS) is 1. The molecule has 0 heterocycles. The lowest BCUT2D eigenvalue weighted by molar-refractivity contribution is -0.117. The second-order valence-corrected chi connectivity index (χ2v) is 12.6. The molecule has 0 aliphatic carbocycles. The maximum absolute atomic E-state index is 11.6. The smallest absolute Gasteiger partial charge is 0.335 e. The molecule has 2 N–H and O–H groups in total. The number of nitrogens with one attached hydrogen (secondary N) is 1. The molecule has 0 spiro atoms. The Kier molecular flexibility index (Phi) is 11.7. The first-order valence-corrected chi connectivity index (χ1v) is 15.7. The molecule has 0 aliphatic heterocycles. The van der Waals surface area contributed by atoms with Gasteiger partial charge in [-0.15, -0.1) is 0 Å². The van der Waals surface area contributed by atoms with Gasteiger partial charge < -0.3 is 15.2 Å². The van der Waals surface area contributed by atoms with E-state index in [0.717, 1.165) is 47.3 Å². The molecule has 238 valence electrons. The topological polar surface area (TPSA) is 88.0 Å². The molecule has 0 aromatic heterocycles. The molecular weight excluding hydrogens is 572 g/mol. The molecule has 4 aromatic carbocycles. The highest BCUT2D eigenvalue weighted by molar-refractivity contribution is 6.07. The monoisotopic (exact) mass is 616 g/mol. The molecule has 6 heteroatoms. The third-order valence-electron chi connectivity index (χ3n) is 7.93. The number of hydrogen-bond donors (Lipinski definition) is 2. The lowest BCUT2D eigenvalue weighted by Crippen LogP contribution is -2.28. The van der Waals surface area contributed by atoms with Crippen molar-refractivity contribution in [2.45, 2.75) is 59.0 Å². The summed E-state index contributed by atoms with van der Waals surface area (Å²) in [5.41, 5.74) is 6.94. The van der Waals surface area contributed by atoms with Crippen LogP contribution in [0.2, 0.25) is 0 Å². The number of rotatable bonds is 12. The highest BCUT2D eigenvalue weighted by Crippen LogP contribution is 2.26. The minimum absolute atomic E-state index is 0.108. The van der Waals surface area contributed by atoms with Gasteiger partial charge in [0.1, 0.15) is 18.2 Å². The van der Waals surface area contributed by atoms with Gasteiger partial charge in [0.25, 0.3) is 0 Å². The molecule has 0 saturated carbocycles. The van der Waals surface area contributed by atoms with Gasteiger partial charge in [0.15, 0.2) is 0 Å². The Morgan fingerprint density at radius 3 is 2.07 bits per heavy atom. The molecule has 0 fully saturated rings. The number of aliphatic imine (C=N–C) groups is 1. The lowest BCUT2D eigenvalue weighted by atomic mass is 9.87. The van der Waals surface area contributed by atoms with E-state index < -0.39 is 5.97 Å². The Balaban J connectivity index is 1.51. The van der Waals surface area contributed by atoms with Gasteiger partial charge in [-0.1, -0.05) is 112 Å². The van der Waals surface area contributed by atoms with Gasteiger partial charge in [0.2, 0.25) is 5.91 Å². The maximum atomic E-state index is 11.6. The van der Waals surface area contributed by atoms with E-state index in [1.807, 2.05) is 42.5 Å². The summed E-state index contributed by atoms with van der Waals surface area (Å²) in [6.07, 6.45) is 6.89. The molecule has 46 heavy (non-hydrogen) atoms. The van der Waals surface area contributed by atoms with E-state index in [0.29, 0.717) is 12.4 Å². The first-order valence-electron chi connectivity index (χ1n) is 15.7. The van der Waals surface area contributed by atoms with Crippen LogP contribution in [0.25, 0.3) is 6.08 Å². The van der Waals surface area contributed by atoms with Crippen LogP contribution in [-0.4, -0.2) is 29.9 Å². The number of allylic oxidation sites excluding steroid dienone is 1. The number of carboxylic acids is 1. The minimum atomic E-state index is -0.923. The summed E-state index contributed by atoms with van der Waals surface area (Å²) in [5.74, 6) is 0.498. The molecule has 0 bridgehead atoms. The van der Waals surface area contributed by atoms with Crippen LogP contribution in [0.1, 0.15) is 77.9 Å². The zero-order chi connectivity index (χ0) is 33.1. The molecule has 6 nitrogen and oxygen atoms in total. The summed E-state index contributed by atoms with van der Waals surface area (Å²) < 4.78 is 6.29. The largest absolute Gasteiger partial charge is 0.488 e. The summed E-state index contributed by atoms with van der Waals surface area (Å²) in [6.45, 7) is 8.59. The van der Waals surface area contributed by atoms with Crippen LogP contribution in [0.15, 0.2) is 108 Å². The highest BCUT2D eigenvalue weighted by Gasteiger charge is 2.14. The van der Waals surface area contributed by atoms with E-state index in [9.17, 15) is 14.7 Å². The second kappa shape index (κ2) is 15.8. The van der Waals surface area contributed by atoms with Crippen molar-refractivity contribution in [1.82, 2.24) is 5.32 Å². The number of amidine groups is 1. The molecule has 4 aromatic rings. The van der Waals surface area contributed by atoms with Gasteiger partial charge in [0.05, 0.1) is 5.56 Å². The van der Waals surface area contributed by atoms with E-state index in [2.05, 4.69) is 85.7 Å². The summed E-state index contributed by atoms with van der Waals surface area (Å²) in [7, 11) is 1.66. The fourth-order valence-corrected chi connectivity index (χ4v) is 5.21. The number of carbonyl (C=O) groups excluding carboxylic acids is 1. The maximum Gasteiger partial charge on any atom is 0.335 e. The summed E-state index contributed by atoms with van der Waals surface area (Å²) in [4.78, 5) is 27.1. The van der Waals surface area contributed by atoms with Crippen LogP contribution in [0, 0.1) is 5.92 Å². The highest BCUT2D eigenvalue weighted by atomic mass is 16.5. The number of ether oxygens (including phenoxy) is 1. The number of hydrogen-bond acceptors (Lipinski definition) is 4. The molecule has 4 rings (SSSR count). The van der Waals surface area contributed by atoms with Gasteiger partial charge in [-0.3, -0.25) is 9.79 Å². The Hall–Kier alpha value is -4.97. The number of carbonyl (C=O) groups is 2. The average molecular weight is 617 g/mol. The second-order valence-electron chi connectivity index (χ2n) is 12.6. The standard InChI is InChI=1S/C40H44N2O4/c1-28(43)42-38(41-5)34-20-15-31(16-21-34)26-30(11-10-29-12-22-35(23-13-29)39(44)45)14-19-33-8-6-7-9-37(33)46-27-32-17-24-36(25-18-32)40(2,3)4/h6-9,12-25,30H,10-11,26-27H2,1-5H3,(H,44,45)(H,41,42,43)/b19-14+. The fourth-order valence-electron chi connectivity index (χ4n) is 5.21. The van der Waals surface area contributed by atoms with Crippen LogP contribution in [0.5, 0.6) is 5.75 Å². The first-order chi connectivity index (χ1) is 22.0. The van der Waals surface area contributed by atoms with Crippen LogP contribution in [-0.2, 0) is 29.7 Å². The third-order valence-corrected chi connectivity index (χ3v) is 7.93. The number of amides is 1. The minimum Gasteiger partial charge on any atom is -0.488 e. The zero-order valence-electron chi connectivity index (χ0n) is 27.4. The predicted molar refractivity (Wildman–Crippen MR) is 187 cm³/mol. The van der Waals surface area contributed by atoms with Crippen molar-refractivity contribution in [3.63, 3.8) is 0 Å². The quantitative estimate of drug-likeness (QED) is 0.124. The van der Waals surface area contributed by atoms with E-state index in [1.165, 1.54) is 18.1 Å². The van der Waals surface area contributed by atoms with Crippen LogP contribution < -0.4 is 10.1 Å². The van der Waals surface area contributed by atoms with Crippen LogP contribution in [0.3, 0.4) is 0 Å². The Bertz CT molecular complexity index is 1660. The summed E-state index contributed by atoms with van der Waals surface area (Å²) in [5, 5.41) is 12.0. The normalized spacial score (nSPS) is 12.6. The number of para-hydroxylation sites is 1. The van der Waals surface area contributed by atoms with Gasteiger partial charge in [-0.05, 0) is 71.0 Å². The van der Waals surface area contributed by atoms with E-state index >= 15 is 0 Å². The first kappa shape index (κ1) is 33.9. The Morgan fingerprint density at radius 1 is 0.848 bits per heavy atom. The van der Waals surface area contributed by atoms with Crippen molar-refractivity contribution in [2.24, 2.45) is 10.9 Å². The van der Waals surface area contributed by atoms with Gasteiger partial charge in [0, 0.05) is 25.1 Å². The van der Waals surface area contributed by atoms with E-state index in [4.69, 9.17) is 4.74 Å². The molecular formula is C40H44N2O4. The lowest BCUT2D eigenvalue weighted by Gasteiger charge is -2.19. The van der Waals surface area contributed by atoms with Crippen molar-refractivity contribution in [3.8, 4) is 5.75 Å². The van der Waals surface area contributed by atoms with Crippen LogP contribution in [0.4, 0.5) is 0 Å². The Labute approximate surface area is 272 Å². The van der Waals surface area contributed by atoms with Crippen molar-refractivity contribution in [3.05, 3.63) is 142 Å². The molecule has 0 saturated heterocycles. The van der Waals surface area contributed by atoms with E-state index in [1.54, 1.807) is 19.2 Å². The summed E-state index contributed by atoms with van der Waals surface area (Å²) >= 11 is 0. The Morgan fingerprint density at radius 2 is 1.46 bits per heavy atom. The molecule has 0 aliphatic rings. The average Bonchev–Trinajstić information content (AvgIpc) is 3.04. The van der Waals surface area contributed by atoms with Gasteiger partial charge in [-0.25, -0.2) is 4.79 Å². The van der Waals surface area contributed by atoms with Crippen molar-refractivity contribution < 1.29 is 19.4 Å². The zero-order valence-corrected chi connectivity index (χ0v) is 27.4. The van der Waals surface area contributed by atoms with Crippen molar-refractivity contribution in [2.75, 3.05) is 7.05 Å².